The van der Waals surface area contributed by atoms with E-state index in [1.807, 2.05) is 24.4 Å². The number of urea groups is 1. The van der Waals surface area contributed by atoms with Gasteiger partial charge in [-0.1, -0.05) is 27.7 Å². The molecule has 16 heteroatoms. The van der Waals surface area contributed by atoms with Gasteiger partial charge in [0.1, 0.15) is 29.6 Å². The van der Waals surface area contributed by atoms with E-state index in [-0.39, 0.29) is 55.0 Å². The number of hydrogen-bond acceptors (Lipinski definition) is 9. The third-order valence-electron chi connectivity index (χ3n) is 14.0. The number of rotatable bonds is 9. The van der Waals surface area contributed by atoms with Crippen LogP contribution in [0, 0.1) is 39.7 Å². The number of likely N-dealkylation sites (tertiary alicyclic amines) is 1. The first-order valence-electron chi connectivity index (χ1n) is 22.2. The Hall–Kier alpha value is -6.60. The number of pyridine rings is 1. The normalized spacial score (nSPS) is 21.2. The number of aromatic nitrogens is 2. The van der Waals surface area contributed by atoms with Crippen LogP contribution in [-0.2, 0) is 9.59 Å². The highest BCUT2D eigenvalue weighted by Gasteiger charge is 2.64. The van der Waals surface area contributed by atoms with Crippen molar-refractivity contribution in [3.8, 4) is 11.8 Å². The summed E-state index contributed by atoms with van der Waals surface area (Å²) >= 11 is 0. The second-order valence-corrected chi connectivity index (χ2v) is 18.7. The molecule has 0 unspecified atom stereocenters. The van der Waals surface area contributed by atoms with Crippen molar-refractivity contribution >= 4 is 57.5 Å². The maximum absolute atomic E-state index is 15.8. The Bertz CT molecular complexity index is 2660. The molecule has 0 atom stereocenters. The lowest BCUT2D eigenvalue weighted by Gasteiger charge is -2.63. The first-order chi connectivity index (χ1) is 31.1. The molecule has 340 valence electrons. The van der Waals surface area contributed by atoms with Gasteiger partial charge in [-0.3, -0.25) is 29.6 Å². The zero-order chi connectivity index (χ0) is 46.2. The lowest BCUT2D eigenvalue weighted by Crippen LogP contribution is -2.74. The Kier molecular flexibility index (Phi) is 12.5. The SMILES string of the molecule is CC1(C)C(NC(=O)c2ccc(N3CCC(CN4CCC(n5ccc6c(N7CCC(=O)NC7=O)cc(F)cc65)CC4)CC3)c(F)c2)C(C)(C)C1Oc1ccc(C#N)c2ncccc12.O=CO. The molecule has 0 spiro atoms. The van der Waals surface area contributed by atoms with E-state index in [2.05, 4.69) is 63.7 Å². The second kappa shape index (κ2) is 18.1. The quantitative estimate of drug-likeness (QED) is 0.125. The van der Waals surface area contributed by atoms with E-state index in [1.54, 1.807) is 30.5 Å². The number of hydrogen-bond donors (Lipinski definition) is 3. The van der Waals surface area contributed by atoms with Crippen LogP contribution in [0.15, 0.2) is 73.1 Å². The number of imide groups is 1. The molecule has 3 saturated heterocycles. The second-order valence-electron chi connectivity index (χ2n) is 18.7. The average molecular weight is 889 g/mol. The maximum Gasteiger partial charge on any atom is 0.328 e. The average Bonchev–Trinajstić information content (AvgIpc) is 3.71. The van der Waals surface area contributed by atoms with Crippen molar-refractivity contribution < 1.29 is 37.8 Å². The summed E-state index contributed by atoms with van der Waals surface area (Å²) in [5.41, 5.74) is 2.16. The van der Waals surface area contributed by atoms with Crippen molar-refractivity contribution in [1.82, 2.24) is 25.1 Å². The van der Waals surface area contributed by atoms with Gasteiger partial charge in [0, 0.05) is 97.3 Å². The van der Waals surface area contributed by atoms with Gasteiger partial charge in [-0.15, -0.1) is 0 Å². The van der Waals surface area contributed by atoms with Crippen molar-refractivity contribution in [3.05, 3.63) is 95.8 Å². The van der Waals surface area contributed by atoms with Gasteiger partial charge in [0.05, 0.1) is 28.0 Å². The molecule has 4 aliphatic rings. The molecule has 5 aromatic rings. The molecule has 14 nitrogen and oxygen atoms in total. The monoisotopic (exact) mass is 888 g/mol. The van der Waals surface area contributed by atoms with E-state index < -0.39 is 28.5 Å². The fourth-order valence-corrected chi connectivity index (χ4v) is 11.0. The standard InChI is InChI=1S/C48H52F2N8O4.CH2O2/c1-47(2)44(48(3,4)45(47)62-40-10-8-31(27-51)42-35(40)6-5-17-52-42)54-43(60)30-7-9-37(36(50)24-30)56-20-11-29(12-21-56)28-55-18-13-33(14-19-55)57-22-15-34-38(57)25-32(49)26-39(34)58-23-16-41(59)53-46(58)61;2-1-3/h5-10,15,17,22,24-26,29,33,44-45H,11-14,16,18-21,23,28H2,1-4H3,(H,54,60)(H,53,59,61);1H,(H,2,3). The fourth-order valence-electron chi connectivity index (χ4n) is 11.0. The molecule has 3 aliphatic heterocycles. The summed E-state index contributed by atoms with van der Waals surface area (Å²) in [5, 5.41) is 23.5. The van der Waals surface area contributed by atoms with Gasteiger partial charge in [0.25, 0.3) is 12.4 Å². The summed E-state index contributed by atoms with van der Waals surface area (Å²) < 4.78 is 39.5. The third-order valence-corrected chi connectivity index (χ3v) is 14.0. The van der Waals surface area contributed by atoms with Gasteiger partial charge >= 0.3 is 6.03 Å². The van der Waals surface area contributed by atoms with Crippen LogP contribution in [0.5, 0.6) is 5.75 Å². The largest absolute Gasteiger partial charge is 0.488 e. The molecule has 3 aromatic carbocycles. The topological polar surface area (TPSA) is 173 Å². The zero-order valence-electron chi connectivity index (χ0n) is 37.0. The number of nitrogens with zero attached hydrogens (tertiary/aromatic N) is 6. The van der Waals surface area contributed by atoms with Gasteiger partial charge in [-0.25, -0.2) is 13.6 Å². The van der Waals surface area contributed by atoms with E-state index in [4.69, 9.17) is 14.6 Å². The number of nitrogens with one attached hydrogen (secondary N) is 2. The van der Waals surface area contributed by atoms with Crippen LogP contribution >= 0.6 is 0 Å². The predicted molar refractivity (Wildman–Crippen MR) is 242 cm³/mol. The van der Waals surface area contributed by atoms with E-state index >= 15 is 4.39 Å². The molecule has 3 N–H and O–H groups in total. The minimum Gasteiger partial charge on any atom is -0.488 e. The first kappa shape index (κ1) is 45.0. The Balaban J connectivity index is 0.00000187. The van der Waals surface area contributed by atoms with Gasteiger partial charge < -0.3 is 29.5 Å². The molecule has 9 rings (SSSR count). The number of fused-ring (bicyclic) bond motifs is 2. The number of anilines is 2. The van der Waals surface area contributed by atoms with Crippen molar-refractivity contribution in [3.63, 3.8) is 0 Å². The van der Waals surface area contributed by atoms with Gasteiger partial charge in [0.15, 0.2) is 0 Å². The van der Waals surface area contributed by atoms with Crippen LogP contribution in [0.1, 0.15) is 81.8 Å². The Morgan fingerprint density at radius 2 is 1.68 bits per heavy atom. The fraction of sp³-hybridized carbons (Fsp3) is 0.429. The molecule has 1 saturated carbocycles. The molecule has 0 bridgehead atoms. The molecule has 1 aliphatic carbocycles. The van der Waals surface area contributed by atoms with Crippen molar-refractivity contribution in [2.24, 2.45) is 16.7 Å². The van der Waals surface area contributed by atoms with Gasteiger partial charge in [-0.05, 0) is 92.3 Å². The summed E-state index contributed by atoms with van der Waals surface area (Å²) in [4.78, 5) is 56.7. The van der Waals surface area contributed by atoms with Crippen molar-refractivity contribution in [1.29, 1.82) is 5.26 Å². The van der Waals surface area contributed by atoms with Crippen molar-refractivity contribution in [2.45, 2.75) is 78.0 Å². The van der Waals surface area contributed by atoms with Crippen LogP contribution in [0.4, 0.5) is 25.0 Å². The lowest BCUT2D eigenvalue weighted by atomic mass is 9.49. The highest BCUT2D eigenvalue weighted by Crippen LogP contribution is 2.56. The summed E-state index contributed by atoms with van der Waals surface area (Å²) in [6.07, 6.45) is 7.25. The van der Waals surface area contributed by atoms with E-state index in [1.165, 1.54) is 23.1 Å². The highest BCUT2D eigenvalue weighted by molar-refractivity contribution is 6.09. The lowest BCUT2D eigenvalue weighted by molar-refractivity contribution is -0.163. The molecular weight excluding hydrogens is 835 g/mol. The molecule has 65 heavy (non-hydrogen) atoms. The minimum atomic E-state index is -0.530. The number of nitriles is 1. The van der Waals surface area contributed by atoms with E-state index in [9.17, 15) is 24.0 Å². The number of carbonyl (C=O) groups excluding carboxylic acids is 3. The van der Waals surface area contributed by atoms with Crippen LogP contribution < -0.4 is 25.2 Å². The first-order valence-corrected chi connectivity index (χ1v) is 22.2. The molecule has 0 radical (unpaired) electrons. The molecular formula is C49H54F2N8O6. The van der Waals surface area contributed by atoms with Crippen LogP contribution in [-0.4, -0.2) is 95.3 Å². The highest BCUT2D eigenvalue weighted by atomic mass is 19.1. The Morgan fingerprint density at radius 1 is 0.954 bits per heavy atom. The summed E-state index contributed by atoms with van der Waals surface area (Å²) in [6, 6.07) is 18.5. The number of halogens is 2. The predicted octanol–water partition coefficient (Wildman–Crippen LogP) is 7.65. The minimum absolute atomic E-state index is 0.171. The number of piperidine rings is 2. The summed E-state index contributed by atoms with van der Waals surface area (Å²) in [5.74, 6) is -0.372. The van der Waals surface area contributed by atoms with Crippen LogP contribution in [0.25, 0.3) is 21.8 Å². The molecule has 4 fully saturated rings. The van der Waals surface area contributed by atoms with Crippen molar-refractivity contribution in [2.75, 3.05) is 49.1 Å². The van der Waals surface area contributed by atoms with Crippen LogP contribution in [0.2, 0.25) is 0 Å². The van der Waals surface area contributed by atoms with Gasteiger partial charge in [0.2, 0.25) is 5.91 Å². The van der Waals surface area contributed by atoms with E-state index in [0.29, 0.717) is 34.1 Å². The number of carbonyl (C=O) groups is 4. The Morgan fingerprint density at radius 3 is 2.35 bits per heavy atom. The maximum atomic E-state index is 15.8. The molecule has 4 amide bonds. The summed E-state index contributed by atoms with van der Waals surface area (Å²) in [7, 11) is 0. The van der Waals surface area contributed by atoms with Crippen LogP contribution in [0.3, 0.4) is 0 Å². The third kappa shape index (κ3) is 8.69. The Labute approximate surface area is 376 Å². The number of benzene rings is 3. The van der Waals surface area contributed by atoms with Gasteiger partial charge in [-0.2, -0.15) is 5.26 Å². The number of amides is 4. The molecule has 5 heterocycles. The smallest absolute Gasteiger partial charge is 0.328 e. The number of ether oxygens (including phenoxy) is 1. The molecule has 2 aromatic heterocycles. The number of carboxylic acid groups (broad SMARTS) is 1. The zero-order valence-corrected chi connectivity index (χ0v) is 37.0. The summed E-state index contributed by atoms with van der Waals surface area (Å²) in [6.45, 7) is 12.5. The van der Waals surface area contributed by atoms with E-state index in [0.717, 1.165) is 74.7 Å².